The summed E-state index contributed by atoms with van der Waals surface area (Å²) in [6.07, 6.45) is 3.42. The molecule has 3 nitrogen and oxygen atoms in total. The van der Waals surface area contributed by atoms with Crippen molar-refractivity contribution in [2.75, 3.05) is 0 Å². The maximum atomic E-state index is 12.3. The van der Waals surface area contributed by atoms with E-state index in [1.54, 1.807) is 0 Å². The Balaban J connectivity index is 0.000000296. The van der Waals surface area contributed by atoms with E-state index < -0.39 is 0 Å². The first-order valence-electron chi connectivity index (χ1n) is 18.3. The van der Waals surface area contributed by atoms with Gasteiger partial charge in [0.05, 0.1) is 5.76 Å². The number of ketones is 1. The molecule has 0 atom stereocenters. The number of aliphatic hydroxyl groups is 1. The van der Waals surface area contributed by atoms with Gasteiger partial charge in [-0.3, -0.25) is 4.79 Å². The largest absolute Gasteiger partial charge is 0.512 e. The number of carbonyl (C=O) groups is 1. The molecule has 0 fully saturated rings. The third-order valence-corrected chi connectivity index (χ3v) is 9.96. The smallest absolute Gasteiger partial charge is 0.162 e. The Labute approximate surface area is 315 Å². The van der Waals surface area contributed by atoms with Gasteiger partial charge in [0.2, 0.25) is 0 Å². The van der Waals surface area contributed by atoms with Crippen LogP contribution in [0.5, 0.6) is 0 Å². The van der Waals surface area contributed by atoms with Gasteiger partial charge in [-0.15, -0.1) is 34.9 Å². The van der Waals surface area contributed by atoms with Gasteiger partial charge in [0.1, 0.15) is 0 Å². The van der Waals surface area contributed by atoms with E-state index in [2.05, 4.69) is 156 Å². The van der Waals surface area contributed by atoms with E-state index in [-0.39, 0.29) is 43.5 Å². The number of fused-ring (bicyclic) bond motifs is 5. The molecule has 0 saturated heterocycles. The molecule has 1 aromatic heterocycles. The van der Waals surface area contributed by atoms with Crippen molar-refractivity contribution in [3.63, 3.8) is 0 Å². The van der Waals surface area contributed by atoms with Crippen LogP contribution >= 0.6 is 0 Å². The van der Waals surface area contributed by atoms with Crippen LogP contribution < -0.4 is 0 Å². The second-order valence-electron chi connectivity index (χ2n) is 15.8. The van der Waals surface area contributed by atoms with Crippen molar-refractivity contribution >= 4 is 38.1 Å². The van der Waals surface area contributed by atoms with Crippen LogP contribution in [0.2, 0.25) is 0 Å². The number of pyridine rings is 1. The number of carbonyl (C=O) groups excluding carboxylic acids is 1. The molecule has 5 rings (SSSR count). The van der Waals surface area contributed by atoms with Gasteiger partial charge in [-0.25, -0.2) is 0 Å². The quantitative estimate of drug-likeness (QED) is 0.0659. The van der Waals surface area contributed by atoms with Gasteiger partial charge in [-0.05, 0) is 79.6 Å². The number of benzene rings is 4. The van der Waals surface area contributed by atoms with Gasteiger partial charge < -0.3 is 10.1 Å². The molecule has 0 bridgehead atoms. The molecule has 0 aliphatic carbocycles. The summed E-state index contributed by atoms with van der Waals surface area (Å²) < 4.78 is 0. The van der Waals surface area contributed by atoms with Crippen LogP contribution in [0.3, 0.4) is 0 Å². The average molecular weight is 849 g/mol. The van der Waals surface area contributed by atoms with Crippen molar-refractivity contribution in [2.45, 2.75) is 94.9 Å². The van der Waals surface area contributed by atoms with Crippen molar-refractivity contribution in [3.8, 4) is 11.3 Å². The number of aromatic nitrogens is 1. The number of allylic oxidation sites excluding steroid dienone is 2. The minimum absolute atomic E-state index is 0. The van der Waals surface area contributed by atoms with E-state index in [0.29, 0.717) is 35.5 Å². The number of nitrogens with zero attached hydrogens (tertiary/aromatic N) is 1. The summed E-state index contributed by atoms with van der Waals surface area (Å²) in [5.41, 5.74) is 4.71. The fraction of sp³-hybridized carbons (Fsp3) is 0.435. The summed E-state index contributed by atoms with van der Waals surface area (Å²) in [5.74, 6) is 2.53. The van der Waals surface area contributed by atoms with Crippen LogP contribution in [0.15, 0.2) is 84.8 Å². The van der Waals surface area contributed by atoms with Crippen molar-refractivity contribution < 1.29 is 30.0 Å². The minimum Gasteiger partial charge on any atom is -0.512 e. The van der Waals surface area contributed by atoms with Gasteiger partial charge in [-0.1, -0.05) is 132 Å². The van der Waals surface area contributed by atoms with E-state index in [1.807, 2.05) is 6.20 Å². The summed E-state index contributed by atoms with van der Waals surface area (Å²) in [4.78, 5) is 17.2. The molecule has 1 heterocycles. The number of rotatable bonds is 10. The maximum absolute atomic E-state index is 12.3. The molecule has 0 spiro atoms. The predicted octanol–water partition coefficient (Wildman–Crippen LogP) is 13.1. The van der Waals surface area contributed by atoms with Gasteiger partial charge >= 0.3 is 0 Å². The SMILES string of the molecule is CC(C)C(C(=O)/C=C(\O)C(C(C)C)C(C)C)C(C)C.CC(C)c1[c-]c(-c2nccc3c2ccc2c4ccccc4ccc32)cc(C(C)C)c1.[Ir]. The Morgan fingerprint density at radius 2 is 1.18 bits per heavy atom. The topological polar surface area (TPSA) is 50.2 Å². The first-order valence-corrected chi connectivity index (χ1v) is 18.3. The summed E-state index contributed by atoms with van der Waals surface area (Å²) in [5, 5.41) is 17.8. The Hall–Kier alpha value is -3.33. The molecule has 0 saturated carbocycles. The molecule has 0 amide bonds. The normalized spacial score (nSPS) is 12.4. The van der Waals surface area contributed by atoms with Crippen LogP contribution in [-0.4, -0.2) is 15.9 Å². The van der Waals surface area contributed by atoms with Gasteiger partial charge in [0, 0.05) is 44.2 Å². The Bertz CT molecular complexity index is 1890. The van der Waals surface area contributed by atoms with Crippen molar-refractivity contribution in [3.05, 3.63) is 102 Å². The third-order valence-electron chi connectivity index (χ3n) is 9.96. The van der Waals surface area contributed by atoms with E-state index in [9.17, 15) is 9.90 Å². The minimum atomic E-state index is -0.0119. The van der Waals surface area contributed by atoms with E-state index >= 15 is 0 Å². The van der Waals surface area contributed by atoms with Crippen molar-refractivity contribution in [1.29, 1.82) is 0 Å². The second-order valence-corrected chi connectivity index (χ2v) is 15.8. The molecule has 1 N–H and O–H groups in total. The van der Waals surface area contributed by atoms with E-state index in [1.165, 1.54) is 49.5 Å². The Kier molecular flexibility index (Phi) is 14.6. The summed E-state index contributed by atoms with van der Waals surface area (Å²) in [6, 6.07) is 27.9. The summed E-state index contributed by atoms with van der Waals surface area (Å²) in [7, 11) is 0. The second kappa shape index (κ2) is 17.7. The van der Waals surface area contributed by atoms with Crippen LogP contribution in [0, 0.1) is 41.6 Å². The molecule has 1 radical (unpaired) electrons. The molecule has 269 valence electrons. The molecular formula is C46H58IrNO2-. The van der Waals surface area contributed by atoms with E-state index in [0.717, 1.165) is 11.3 Å². The zero-order valence-corrected chi connectivity index (χ0v) is 34.7. The monoisotopic (exact) mass is 849 g/mol. The fourth-order valence-electron chi connectivity index (χ4n) is 7.57. The number of hydrogen-bond donors (Lipinski definition) is 1. The average Bonchev–Trinajstić information content (AvgIpc) is 3.03. The van der Waals surface area contributed by atoms with Crippen molar-refractivity contribution in [2.24, 2.45) is 35.5 Å². The predicted molar refractivity (Wildman–Crippen MR) is 211 cm³/mol. The first-order chi connectivity index (χ1) is 23.1. The van der Waals surface area contributed by atoms with Crippen LogP contribution in [0.1, 0.15) is 106 Å². The fourth-order valence-corrected chi connectivity index (χ4v) is 7.57. The number of hydrogen-bond acceptors (Lipinski definition) is 3. The molecule has 4 heteroatoms. The number of aliphatic hydroxyl groups excluding tert-OH is 1. The molecule has 0 aliphatic rings. The van der Waals surface area contributed by atoms with Crippen LogP contribution in [-0.2, 0) is 24.9 Å². The van der Waals surface area contributed by atoms with Crippen LogP contribution in [0.25, 0.3) is 43.6 Å². The maximum Gasteiger partial charge on any atom is 0.162 e. The van der Waals surface area contributed by atoms with Gasteiger partial charge in [0.25, 0.3) is 0 Å². The van der Waals surface area contributed by atoms with Crippen LogP contribution in [0.4, 0.5) is 0 Å². The Morgan fingerprint density at radius 3 is 1.76 bits per heavy atom. The van der Waals surface area contributed by atoms with Gasteiger partial charge in [-0.2, -0.15) is 0 Å². The molecule has 50 heavy (non-hydrogen) atoms. The first kappa shape index (κ1) is 41.1. The molecule has 0 aliphatic heterocycles. The molecule has 5 aromatic rings. The molecule has 4 aromatic carbocycles. The Morgan fingerprint density at radius 1 is 0.640 bits per heavy atom. The standard InChI is InChI=1S/C29H26N.C17H32O2.Ir/c1-18(2)21-15-22(19(3)4)17-23(16-21)29-28-12-11-25-24-8-6-5-7-20(24)9-10-26(25)27(28)13-14-30-29;1-10(2)16(11(3)4)14(18)9-15(19)17(12(5)6)13(7)8;/h5-16,18-19H,1-4H3;9-13,16-18H,1-8H3;/q-1;;/b;14-9-;. The molecular weight excluding hydrogens is 791 g/mol. The summed E-state index contributed by atoms with van der Waals surface area (Å²) >= 11 is 0. The van der Waals surface area contributed by atoms with E-state index in [4.69, 9.17) is 4.98 Å². The van der Waals surface area contributed by atoms with Gasteiger partial charge in [0.15, 0.2) is 5.78 Å². The zero-order valence-electron chi connectivity index (χ0n) is 32.3. The summed E-state index contributed by atoms with van der Waals surface area (Å²) in [6.45, 7) is 25.6. The molecule has 0 unspecified atom stereocenters. The van der Waals surface area contributed by atoms with Crippen molar-refractivity contribution in [1.82, 2.24) is 4.98 Å². The zero-order chi connectivity index (χ0) is 36.2. The third kappa shape index (κ3) is 9.31.